The van der Waals surface area contributed by atoms with Gasteiger partial charge >= 0.3 is 0 Å². The number of hydrogen-bond donors (Lipinski definition) is 1. The third-order valence-corrected chi connectivity index (χ3v) is 3.65. The van der Waals surface area contributed by atoms with Crippen LogP contribution in [-0.4, -0.2) is 22.4 Å². The number of aromatic nitrogens is 2. The van der Waals surface area contributed by atoms with Crippen LogP contribution in [0.3, 0.4) is 0 Å². The average molecular weight is 237 g/mol. The molecule has 0 spiro atoms. The van der Waals surface area contributed by atoms with Gasteiger partial charge in [0.15, 0.2) is 0 Å². The summed E-state index contributed by atoms with van der Waals surface area (Å²) < 4.78 is 1.88. The van der Waals surface area contributed by atoms with Gasteiger partial charge in [-0.25, -0.2) is 0 Å². The SMILES string of the molecule is CCNC(CCc1cnn(C)c1)C(C)C(C)C. The van der Waals surface area contributed by atoms with Gasteiger partial charge in [0.2, 0.25) is 0 Å². The lowest BCUT2D eigenvalue weighted by molar-refractivity contribution is 0.289. The van der Waals surface area contributed by atoms with Gasteiger partial charge < -0.3 is 5.32 Å². The third kappa shape index (κ3) is 4.50. The van der Waals surface area contributed by atoms with E-state index in [0.717, 1.165) is 18.9 Å². The van der Waals surface area contributed by atoms with Crippen molar-refractivity contribution in [2.24, 2.45) is 18.9 Å². The summed E-state index contributed by atoms with van der Waals surface area (Å²) in [5.74, 6) is 1.44. The highest BCUT2D eigenvalue weighted by Gasteiger charge is 2.19. The summed E-state index contributed by atoms with van der Waals surface area (Å²) in [6.45, 7) is 10.2. The molecule has 1 heterocycles. The predicted molar refractivity (Wildman–Crippen MR) is 73.0 cm³/mol. The van der Waals surface area contributed by atoms with Gasteiger partial charge in [-0.3, -0.25) is 4.68 Å². The summed E-state index contributed by atoms with van der Waals surface area (Å²) in [4.78, 5) is 0. The Bertz CT molecular complexity index is 317. The van der Waals surface area contributed by atoms with Crippen molar-refractivity contribution in [3.63, 3.8) is 0 Å². The number of aryl methyl sites for hydroxylation is 2. The third-order valence-electron chi connectivity index (χ3n) is 3.65. The molecule has 1 aromatic heterocycles. The normalized spacial score (nSPS) is 15.2. The predicted octanol–water partition coefficient (Wildman–Crippen LogP) is 2.62. The summed E-state index contributed by atoms with van der Waals surface area (Å²) in [5, 5.41) is 7.83. The van der Waals surface area contributed by atoms with Crippen LogP contribution in [0.1, 0.15) is 39.7 Å². The van der Waals surface area contributed by atoms with E-state index in [1.807, 2.05) is 17.9 Å². The second-order valence-corrected chi connectivity index (χ2v) is 5.33. The lowest BCUT2D eigenvalue weighted by atomic mass is 9.87. The van der Waals surface area contributed by atoms with Crippen molar-refractivity contribution >= 4 is 0 Å². The fourth-order valence-electron chi connectivity index (χ4n) is 2.20. The summed E-state index contributed by atoms with van der Waals surface area (Å²) in [7, 11) is 1.97. The van der Waals surface area contributed by atoms with Gasteiger partial charge in [-0.05, 0) is 36.8 Å². The minimum Gasteiger partial charge on any atom is -0.314 e. The molecule has 0 aliphatic heterocycles. The Labute approximate surface area is 106 Å². The van der Waals surface area contributed by atoms with Gasteiger partial charge in [0.1, 0.15) is 0 Å². The highest BCUT2D eigenvalue weighted by molar-refractivity contribution is 5.04. The average Bonchev–Trinajstić information content (AvgIpc) is 2.69. The van der Waals surface area contributed by atoms with E-state index in [1.54, 1.807) is 0 Å². The van der Waals surface area contributed by atoms with Gasteiger partial charge in [0.05, 0.1) is 6.20 Å². The van der Waals surface area contributed by atoms with Crippen molar-refractivity contribution in [1.82, 2.24) is 15.1 Å². The molecule has 3 nitrogen and oxygen atoms in total. The van der Waals surface area contributed by atoms with Gasteiger partial charge in [-0.1, -0.05) is 27.7 Å². The van der Waals surface area contributed by atoms with Crippen LogP contribution in [0, 0.1) is 11.8 Å². The zero-order chi connectivity index (χ0) is 12.8. The van der Waals surface area contributed by atoms with Crippen molar-refractivity contribution in [1.29, 1.82) is 0 Å². The quantitative estimate of drug-likeness (QED) is 0.790. The van der Waals surface area contributed by atoms with E-state index >= 15 is 0 Å². The van der Waals surface area contributed by atoms with Crippen molar-refractivity contribution in [2.75, 3.05) is 6.54 Å². The standard InChI is InChI=1S/C14H27N3/c1-6-15-14(12(4)11(2)3)8-7-13-9-16-17(5)10-13/h9-12,14-15H,6-8H2,1-5H3. The van der Waals surface area contributed by atoms with E-state index < -0.39 is 0 Å². The molecule has 0 amide bonds. The van der Waals surface area contributed by atoms with Crippen molar-refractivity contribution in [3.8, 4) is 0 Å². The van der Waals surface area contributed by atoms with Crippen molar-refractivity contribution < 1.29 is 0 Å². The molecule has 0 aliphatic rings. The van der Waals surface area contributed by atoms with Crippen LogP contribution in [0.4, 0.5) is 0 Å². The molecule has 0 saturated heterocycles. The Hall–Kier alpha value is -0.830. The Kier molecular flexibility index (Phi) is 5.69. The van der Waals surface area contributed by atoms with Crippen LogP contribution in [0.5, 0.6) is 0 Å². The molecule has 0 radical (unpaired) electrons. The molecule has 0 bridgehead atoms. The highest BCUT2D eigenvalue weighted by Crippen LogP contribution is 2.18. The second kappa shape index (κ2) is 6.80. The van der Waals surface area contributed by atoms with Gasteiger partial charge in [0, 0.05) is 19.3 Å². The fourth-order valence-corrected chi connectivity index (χ4v) is 2.20. The van der Waals surface area contributed by atoms with Crippen LogP contribution in [0.25, 0.3) is 0 Å². The minimum absolute atomic E-state index is 0.611. The van der Waals surface area contributed by atoms with Crippen molar-refractivity contribution in [3.05, 3.63) is 18.0 Å². The van der Waals surface area contributed by atoms with Gasteiger partial charge in [-0.2, -0.15) is 5.10 Å². The van der Waals surface area contributed by atoms with E-state index in [-0.39, 0.29) is 0 Å². The van der Waals surface area contributed by atoms with Gasteiger partial charge in [0.25, 0.3) is 0 Å². The molecule has 98 valence electrons. The molecule has 3 heteroatoms. The molecule has 1 N–H and O–H groups in total. The van der Waals surface area contributed by atoms with Crippen LogP contribution in [0.15, 0.2) is 12.4 Å². The minimum atomic E-state index is 0.611. The molecule has 17 heavy (non-hydrogen) atoms. The van der Waals surface area contributed by atoms with Gasteiger partial charge in [-0.15, -0.1) is 0 Å². The first-order valence-electron chi connectivity index (χ1n) is 6.75. The molecule has 0 aromatic carbocycles. The maximum Gasteiger partial charge on any atom is 0.0521 e. The molecular weight excluding hydrogens is 210 g/mol. The molecular formula is C14H27N3. The lowest BCUT2D eigenvalue weighted by Crippen LogP contribution is -2.37. The summed E-state index contributed by atoms with van der Waals surface area (Å²) in [5.41, 5.74) is 1.34. The zero-order valence-electron chi connectivity index (χ0n) is 11.9. The fraction of sp³-hybridized carbons (Fsp3) is 0.786. The Morgan fingerprint density at radius 3 is 2.53 bits per heavy atom. The molecule has 0 fully saturated rings. The zero-order valence-corrected chi connectivity index (χ0v) is 11.9. The van der Waals surface area contributed by atoms with Crippen molar-refractivity contribution in [2.45, 2.75) is 46.6 Å². The first kappa shape index (κ1) is 14.2. The maximum absolute atomic E-state index is 4.22. The van der Waals surface area contributed by atoms with E-state index in [4.69, 9.17) is 0 Å². The summed E-state index contributed by atoms with van der Waals surface area (Å²) in [6, 6.07) is 0.611. The molecule has 1 rings (SSSR count). The largest absolute Gasteiger partial charge is 0.314 e. The van der Waals surface area contributed by atoms with E-state index in [0.29, 0.717) is 12.0 Å². The second-order valence-electron chi connectivity index (χ2n) is 5.33. The smallest absolute Gasteiger partial charge is 0.0521 e. The Morgan fingerprint density at radius 2 is 2.06 bits per heavy atom. The summed E-state index contributed by atoms with van der Waals surface area (Å²) in [6.07, 6.45) is 6.40. The van der Waals surface area contributed by atoms with E-state index in [9.17, 15) is 0 Å². The Morgan fingerprint density at radius 1 is 1.35 bits per heavy atom. The van der Waals surface area contributed by atoms with Crippen LogP contribution in [-0.2, 0) is 13.5 Å². The molecule has 0 aliphatic carbocycles. The number of nitrogens with zero attached hydrogens (tertiary/aromatic N) is 2. The number of rotatable bonds is 7. The molecule has 1 aromatic rings. The highest BCUT2D eigenvalue weighted by atomic mass is 15.2. The van der Waals surface area contributed by atoms with E-state index in [2.05, 4.69) is 44.3 Å². The number of hydrogen-bond acceptors (Lipinski definition) is 2. The van der Waals surface area contributed by atoms with Crippen LogP contribution < -0.4 is 5.32 Å². The molecule has 2 atom stereocenters. The monoisotopic (exact) mass is 237 g/mol. The topological polar surface area (TPSA) is 29.9 Å². The van der Waals surface area contributed by atoms with E-state index in [1.165, 1.54) is 12.0 Å². The molecule has 0 saturated carbocycles. The van der Waals surface area contributed by atoms with Crippen LogP contribution >= 0.6 is 0 Å². The summed E-state index contributed by atoms with van der Waals surface area (Å²) >= 11 is 0. The number of nitrogens with one attached hydrogen (secondary N) is 1. The van der Waals surface area contributed by atoms with Crippen LogP contribution in [0.2, 0.25) is 0 Å². The first-order chi connectivity index (χ1) is 8.04. The molecule has 2 unspecified atom stereocenters. The first-order valence-corrected chi connectivity index (χ1v) is 6.75. The lowest BCUT2D eigenvalue weighted by Gasteiger charge is -2.27. The Balaban J connectivity index is 2.49. The maximum atomic E-state index is 4.22.